The first-order valence-electron chi connectivity index (χ1n) is 7.34. The van der Waals surface area contributed by atoms with E-state index in [0.717, 1.165) is 25.9 Å². The van der Waals surface area contributed by atoms with Gasteiger partial charge in [0.1, 0.15) is 0 Å². The summed E-state index contributed by atoms with van der Waals surface area (Å²) in [4.78, 5) is 27.3. The van der Waals surface area contributed by atoms with Gasteiger partial charge in [0.05, 0.1) is 12.0 Å². The number of aryl methyl sites for hydroxylation is 1. The van der Waals surface area contributed by atoms with Crippen molar-refractivity contribution in [2.24, 2.45) is 0 Å². The molecular formula is C15H22N2O4. The molecule has 1 saturated heterocycles. The van der Waals surface area contributed by atoms with Gasteiger partial charge in [-0.15, -0.1) is 0 Å². The molecule has 1 aromatic heterocycles. The van der Waals surface area contributed by atoms with Crippen molar-refractivity contribution in [3.8, 4) is 0 Å². The maximum absolute atomic E-state index is 12.1. The zero-order chi connectivity index (χ0) is 15.6. The fraction of sp³-hybridized carbons (Fsp3) is 0.667. The Balaban J connectivity index is 2.29. The lowest BCUT2D eigenvalue weighted by Gasteiger charge is -2.19. The summed E-state index contributed by atoms with van der Waals surface area (Å²) < 4.78 is 7.14. The third kappa shape index (κ3) is 3.32. The van der Waals surface area contributed by atoms with E-state index in [1.54, 1.807) is 25.3 Å². The van der Waals surface area contributed by atoms with Gasteiger partial charge in [0.15, 0.2) is 0 Å². The van der Waals surface area contributed by atoms with E-state index in [9.17, 15) is 14.7 Å². The van der Waals surface area contributed by atoms with Crippen LogP contribution in [0.1, 0.15) is 49.1 Å². The molecule has 1 aliphatic heterocycles. The topological polar surface area (TPSA) is 81.4 Å². The van der Waals surface area contributed by atoms with Crippen molar-refractivity contribution in [1.29, 1.82) is 0 Å². The van der Waals surface area contributed by atoms with Crippen LogP contribution in [0.15, 0.2) is 4.79 Å². The Morgan fingerprint density at radius 1 is 1.52 bits per heavy atom. The third-order valence-corrected chi connectivity index (χ3v) is 4.18. The summed E-state index contributed by atoms with van der Waals surface area (Å²) in [5.41, 5.74) is 1.51. The van der Waals surface area contributed by atoms with Gasteiger partial charge in [-0.25, -0.2) is 4.79 Å². The van der Waals surface area contributed by atoms with Crippen LogP contribution in [0, 0.1) is 13.8 Å². The summed E-state index contributed by atoms with van der Waals surface area (Å²) >= 11 is 0. The molecule has 0 radical (unpaired) electrons. The molecule has 0 saturated carbocycles. The normalized spacial score (nSPS) is 19.7. The fourth-order valence-corrected chi connectivity index (χ4v) is 2.97. The molecule has 1 aliphatic rings. The van der Waals surface area contributed by atoms with E-state index in [0.29, 0.717) is 23.5 Å². The first-order chi connectivity index (χ1) is 9.91. The van der Waals surface area contributed by atoms with Gasteiger partial charge in [-0.1, -0.05) is 0 Å². The molecule has 0 bridgehead atoms. The quantitative estimate of drug-likeness (QED) is 0.892. The Morgan fingerprint density at radius 3 is 2.81 bits per heavy atom. The standard InChI is InChI=1S/C15H22N2O4/c1-9(14(18)19)13-10(2)16-15(20)17(11(13)3)7-6-12-5-4-8-21-12/h9,12H,4-8H2,1-3H3,(H,18,19). The molecular weight excluding hydrogens is 272 g/mol. The molecule has 1 fully saturated rings. The Labute approximate surface area is 123 Å². The molecule has 0 spiro atoms. The maximum atomic E-state index is 12.1. The van der Waals surface area contributed by atoms with Crippen LogP contribution in [0.25, 0.3) is 0 Å². The van der Waals surface area contributed by atoms with Gasteiger partial charge in [0.2, 0.25) is 0 Å². The summed E-state index contributed by atoms with van der Waals surface area (Å²) in [5, 5.41) is 9.21. The Morgan fingerprint density at radius 2 is 2.24 bits per heavy atom. The molecule has 116 valence electrons. The predicted octanol–water partition coefficient (Wildman–Crippen LogP) is 1.62. The average Bonchev–Trinajstić information content (AvgIpc) is 2.90. The lowest BCUT2D eigenvalue weighted by Crippen LogP contribution is -2.30. The van der Waals surface area contributed by atoms with Gasteiger partial charge in [0, 0.05) is 30.1 Å². The van der Waals surface area contributed by atoms with Gasteiger partial charge in [-0.05, 0) is 40.0 Å². The summed E-state index contributed by atoms with van der Waals surface area (Å²) in [6, 6.07) is 0. The zero-order valence-corrected chi connectivity index (χ0v) is 12.8. The summed E-state index contributed by atoms with van der Waals surface area (Å²) in [6.45, 7) is 6.40. The van der Waals surface area contributed by atoms with E-state index < -0.39 is 11.9 Å². The summed E-state index contributed by atoms with van der Waals surface area (Å²) in [6.07, 6.45) is 3.03. The minimum absolute atomic E-state index is 0.193. The number of hydrogen-bond acceptors (Lipinski definition) is 4. The van der Waals surface area contributed by atoms with Crippen LogP contribution in [-0.2, 0) is 16.1 Å². The molecule has 2 rings (SSSR count). The summed E-state index contributed by atoms with van der Waals surface area (Å²) in [7, 11) is 0. The number of aromatic nitrogens is 2. The number of hydrogen-bond donors (Lipinski definition) is 1. The molecule has 21 heavy (non-hydrogen) atoms. The number of ether oxygens (including phenoxy) is 1. The monoisotopic (exact) mass is 294 g/mol. The second kappa shape index (κ2) is 6.39. The van der Waals surface area contributed by atoms with E-state index in [2.05, 4.69) is 4.98 Å². The van der Waals surface area contributed by atoms with E-state index in [-0.39, 0.29) is 11.8 Å². The van der Waals surface area contributed by atoms with E-state index in [1.165, 1.54) is 0 Å². The van der Waals surface area contributed by atoms with Crippen LogP contribution in [0.5, 0.6) is 0 Å². The minimum atomic E-state index is -0.910. The molecule has 2 atom stereocenters. The third-order valence-electron chi connectivity index (χ3n) is 4.18. The molecule has 2 unspecified atom stereocenters. The van der Waals surface area contributed by atoms with Gasteiger partial charge < -0.3 is 9.84 Å². The highest BCUT2D eigenvalue weighted by Gasteiger charge is 2.23. The van der Waals surface area contributed by atoms with Crippen molar-refractivity contribution in [2.45, 2.75) is 58.6 Å². The number of rotatable bonds is 5. The van der Waals surface area contributed by atoms with Gasteiger partial charge >= 0.3 is 11.7 Å². The second-order valence-electron chi connectivity index (χ2n) is 5.61. The lowest BCUT2D eigenvalue weighted by molar-refractivity contribution is -0.138. The Kier molecular flexibility index (Phi) is 4.77. The van der Waals surface area contributed by atoms with Gasteiger partial charge in [-0.2, -0.15) is 4.98 Å². The fourth-order valence-electron chi connectivity index (χ4n) is 2.97. The zero-order valence-electron chi connectivity index (χ0n) is 12.8. The largest absolute Gasteiger partial charge is 0.481 e. The SMILES string of the molecule is Cc1nc(=O)n(CCC2CCCO2)c(C)c1C(C)C(=O)O. The highest BCUT2D eigenvalue weighted by Crippen LogP contribution is 2.22. The van der Waals surface area contributed by atoms with Crippen molar-refractivity contribution in [1.82, 2.24) is 9.55 Å². The highest BCUT2D eigenvalue weighted by atomic mass is 16.5. The first kappa shape index (κ1) is 15.7. The van der Waals surface area contributed by atoms with Crippen LogP contribution in [0.3, 0.4) is 0 Å². The molecule has 6 nitrogen and oxygen atoms in total. The molecule has 6 heteroatoms. The van der Waals surface area contributed by atoms with Crippen LogP contribution in [-0.4, -0.2) is 33.3 Å². The van der Waals surface area contributed by atoms with E-state index in [1.807, 2.05) is 0 Å². The van der Waals surface area contributed by atoms with Crippen molar-refractivity contribution in [3.05, 3.63) is 27.4 Å². The van der Waals surface area contributed by atoms with Crippen molar-refractivity contribution in [2.75, 3.05) is 6.61 Å². The highest BCUT2D eigenvalue weighted by molar-refractivity contribution is 5.76. The van der Waals surface area contributed by atoms with Crippen LogP contribution < -0.4 is 5.69 Å². The van der Waals surface area contributed by atoms with E-state index in [4.69, 9.17) is 4.74 Å². The lowest BCUT2D eigenvalue weighted by atomic mass is 9.98. The molecule has 0 aromatic carbocycles. The first-order valence-corrected chi connectivity index (χ1v) is 7.34. The number of aliphatic carboxylic acids is 1. The summed E-state index contributed by atoms with van der Waals surface area (Å²) in [5.74, 6) is -1.58. The average molecular weight is 294 g/mol. The molecule has 0 amide bonds. The molecule has 1 aromatic rings. The number of nitrogens with zero attached hydrogens (tertiary/aromatic N) is 2. The molecule has 1 N–H and O–H groups in total. The maximum Gasteiger partial charge on any atom is 0.347 e. The second-order valence-corrected chi connectivity index (χ2v) is 5.61. The molecule has 2 heterocycles. The van der Waals surface area contributed by atoms with E-state index >= 15 is 0 Å². The number of carboxylic acid groups (broad SMARTS) is 1. The van der Waals surface area contributed by atoms with Crippen LogP contribution in [0.2, 0.25) is 0 Å². The van der Waals surface area contributed by atoms with Crippen molar-refractivity contribution in [3.63, 3.8) is 0 Å². The minimum Gasteiger partial charge on any atom is -0.481 e. The molecule has 0 aliphatic carbocycles. The van der Waals surface area contributed by atoms with Gasteiger partial charge in [0.25, 0.3) is 0 Å². The number of carbonyl (C=O) groups is 1. The van der Waals surface area contributed by atoms with Crippen LogP contribution >= 0.6 is 0 Å². The van der Waals surface area contributed by atoms with Crippen molar-refractivity contribution < 1.29 is 14.6 Å². The van der Waals surface area contributed by atoms with Gasteiger partial charge in [-0.3, -0.25) is 9.36 Å². The Bertz CT molecular complexity index is 588. The predicted molar refractivity (Wildman–Crippen MR) is 77.6 cm³/mol. The number of carboxylic acids is 1. The van der Waals surface area contributed by atoms with Crippen LogP contribution in [0.4, 0.5) is 0 Å². The smallest absolute Gasteiger partial charge is 0.347 e. The van der Waals surface area contributed by atoms with Crippen molar-refractivity contribution >= 4 is 5.97 Å². The Hall–Kier alpha value is -1.69.